The van der Waals surface area contributed by atoms with Crippen molar-refractivity contribution in [1.29, 1.82) is 0 Å². The third-order valence-electron chi connectivity index (χ3n) is 4.15. The third-order valence-corrected chi connectivity index (χ3v) is 4.15. The first kappa shape index (κ1) is 12.0. The van der Waals surface area contributed by atoms with Gasteiger partial charge in [0.1, 0.15) is 5.82 Å². The van der Waals surface area contributed by atoms with E-state index in [2.05, 4.69) is 25.5 Å². The molecule has 2 saturated heterocycles. The summed E-state index contributed by atoms with van der Waals surface area (Å²) in [5.74, 6) is 1.65. The molecular weight excluding hydrogens is 228 g/mol. The molecule has 3 rings (SSSR count). The summed E-state index contributed by atoms with van der Waals surface area (Å²) < 4.78 is 0. The Balaban J connectivity index is 1.45. The van der Waals surface area contributed by atoms with Gasteiger partial charge in [-0.1, -0.05) is 0 Å². The standard InChI is InChI=1S/C12H21N6/c1-2-6-13-12(3-1)18-7-4-10(5-8-18)9-11-14-16-17-15-11/h10,12H,1-9H2,(H,14,15,16,17). The number of nitrogens with zero attached hydrogens (tertiary/aromatic N) is 5. The van der Waals surface area contributed by atoms with Gasteiger partial charge in [0.25, 0.3) is 0 Å². The summed E-state index contributed by atoms with van der Waals surface area (Å²) >= 11 is 0. The van der Waals surface area contributed by atoms with Crippen molar-refractivity contribution in [3.8, 4) is 0 Å². The Morgan fingerprint density at radius 1 is 1.17 bits per heavy atom. The van der Waals surface area contributed by atoms with Crippen molar-refractivity contribution in [2.75, 3.05) is 19.6 Å². The maximum Gasteiger partial charge on any atom is 0.148 e. The number of piperidine rings is 2. The number of rotatable bonds is 3. The molecule has 3 heterocycles. The third kappa shape index (κ3) is 2.87. The predicted octanol–water partition coefficient (Wildman–Crippen LogP) is 0.569. The van der Waals surface area contributed by atoms with Gasteiger partial charge in [0.05, 0.1) is 6.17 Å². The lowest BCUT2D eigenvalue weighted by Crippen LogP contribution is -2.48. The maximum atomic E-state index is 4.74. The maximum absolute atomic E-state index is 4.74. The first-order chi connectivity index (χ1) is 8.92. The van der Waals surface area contributed by atoms with Crippen LogP contribution in [-0.2, 0) is 6.42 Å². The van der Waals surface area contributed by atoms with Crippen LogP contribution in [0.3, 0.4) is 0 Å². The van der Waals surface area contributed by atoms with Gasteiger partial charge in [-0.3, -0.25) is 4.90 Å². The van der Waals surface area contributed by atoms with Crippen molar-refractivity contribution >= 4 is 0 Å². The van der Waals surface area contributed by atoms with Gasteiger partial charge in [-0.25, -0.2) is 10.4 Å². The SMILES string of the molecule is C1CCC(N2CCC(Cc3nnn[nH]3)CC2)[N]C1. The highest BCUT2D eigenvalue weighted by Crippen LogP contribution is 2.23. The molecule has 6 nitrogen and oxygen atoms in total. The van der Waals surface area contributed by atoms with E-state index in [-0.39, 0.29) is 0 Å². The molecule has 99 valence electrons. The summed E-state index contributed by atoms with van der Waals surface area (Å²) in [6.45, 7) is 3.43. The van der Waals surface area contributed by atoms with E-state index in [4.69, 9.17) is 5.32 Å². The lowest BCUT2D eigenvalue weighted by Gasteiger charge is -2.38. The van der Waals surface area contributed by atoms with Gasteiger partial charge < -0.3 is 0 Å². The van der Waals surface area contributed by atoms with Crippen LogP contribution in [0.25, 0.3) is 0 Å². The van der Waals surface area contributed by atoms with Crippen molar-refractivity contribution in [3.63, 3.8) is 0 Å². The minimum Gasteiger partial charge on any atom is -0.287 e. The van der Waals surface area contributed by atoms with Gasteiger partial charge in [0.15, 0.2) is 0 Å². The number of hydrogen-bond acceptors (Lipinski definition) is 4. The van der Waals surface area contributed by atoms with Gasteiger partial charge in [-0.2, -0.15) is 0 Å². The average Bonchev–Trinajstić information content (AvgIpc) is 2.94. The van der Waals surface area contributed by atoms with Crippen LogP contribution in [0, 0.1) is 5.92 Å². The second kappa shape index (κ2) is 5.75. The molecule has 0 bridgehead atoms. The Bertz CT molecular complexity index is 337. The van der Waals surface area contributed by atoms with Crippen LogP contribution in [0.4, 0.5) is 0 Å². The molecule has 0 aliphatic carbocycles. The first-order valence-electron chi connectivity index (χ1n) is 7.05. The van der Waals surface area contributed by atoms with Crippen molar-refractivity contribution < 1.29 is 0 Å². The number of tetrazole rings is 1. The van der Waals surface area contributed by atoms with Crippen LogP contribution in [0.15, 0.2) is 0 Å². The molecule has 1 N–H and O–H groups in total. The molecule has 1 radical (unpaired) electrons. The van der Waals surface area contributed by atoms with E-state index in [0.29, 0.717) is 6.17 Å². The lowest BCUT2D eigenvalue weighted by molar-refractivity contribution is 0.0898. The molecule has 0 amide bonds. The Hall–Kier alpha value is -1.01. The average molecular weight is 249 g/mol. The zero-order valence-electron chi connectivity index (χ0n) is 10.8. The molecule has 2 aliphatic heterocycles. The number of nitrogens with one attached hydrogen (secondary N) is 1. The number of aromatic amines is 1. The van der Waals surface area contributed by atoms with Crippen LogP contribution >= 0.6 is 0 Å². The number of hydrogen-bond donors (Lipinski definition) is 1. The number of aromatic nitrogens is 4. The zero-order chi connectivity index (χ0) is 12.2. The molecule has 1 aromatic heterocycles. The minimum atomic E-state index is 0.506. The highest BCUT2D eigenvalue weighted by Gasteiger charge is 2.27. The van der Waals surface area contributed by atoms with Crippen LogP contribution in [-0.4, -0.2) is 51.3 Å². The Labute approximate surface area is 108 Å². The summed E-state index contributed by atoms with van der Waals surface area (Å²) in [6.07, 6.45) is 7.87. The molecule has 1 atom stereocenters. The van der Waals surface area contributed by atoms with Gasteiger partial charge in [0, 0.05) is 13.0 Å². The van der Waals surface area contributed by atoms with E-state index in [1.165, 1.54) is 45.2 Å². The van der Waals surface area contributed by atoms with E-state index < -0.39 is 0 Å². The van der Waals surface area contributed by atoms with Crippen LogP contribution in [0.2, 0.25) is 0 Å². The van der Waals surface area contributed by atoms with Crippen LogP contribution < -0.4 is 5.32 Å². The predicted molar refractivity (Wildman–Crippen MR) is 66.8 cm³/mol. The van der Waals surface area contributed by atoms with E-state index >= 15 is 0 Å². The largest absolute Gasteiger partial charge is 0.287 e. The van der Waals surface area contributed by atoms with Crippen molar-refractivity contribution in [1.82, 2.24) is 30.8 Å². The molecule has 0 saturated carbocycles. The van der Waals surface area contributed by atoms with Crippen LogP contribution in [0.5, 0.6) is 0 Å². The summed E-state index contributed by atoms with van der Waals surface area (Å²) in [7, 11) is 0. The van der Waals surface area contributed by atoms with Crippen molar-refractivity contribution in [2.45, 2.75) is 44.7 Å². The molecule has 0 spiro atoms. The molecule has 18 heavy (non-hydrogen) atoms. The fourth-order valence-corrected chi connectivity index (χ4v) is 3.06. The van der Waals surface area contributed by atoms with Crippen molar-refractivity contribution in [3.05, 3.63) is 5.82 Å². The monoisotopic (exact) mass is 249 g/mol. The lowest BCUT2D eigenvalue weighted by atomic mass is 9.92. The Kier molecular flexibility index (Phi) is 3.85. The van der Waals surface area contributed by atoms with Gasteiger partial charge in [-0.15, -0.1) is 5.10 Å². The fraction of sp³-hybridized carbons (Fsp3) is 0.917. The molecule has 2 fully saturated rings. The smallest absolute Gasteiger partial charge is 0.148 e. The van der Waals surface area contributed by atoms with Crippen LogP contribution in [0.1, 0.15) is 37.9 Å². The summed E-state index contributed by atoms with van der Waals surface area (Å²) in [5, 5.41) is 18.8. The van der Waals surface area contributed by atoms with Gasteiger partial charge in [0.2, 0.25) is 0 Å². The number of H-pyrrole nitrogens is 1. The van der Waals surface area contributed by atoms with E-state index in [0.717, 1.165) is 24.7 Å². The summed E-state index contributed by atoms with van der Waals surface area (Å²) in [5.41, 5.74) is 0. The Morgan fingerprint density at radius 2 is 2.06 bits per heavy atom. The molecule has 6 heteroatoms. The summed E-state index contributed by atoms with van der Waals surface area (Å²) in [6, 6.07) is 0. The van der Waals surface area contributed by atoms with Gasteiger partial charge >= 0.3 is 0 Å². The summed E-state index contributed by atoms with van der Waals surface area (Å²) in [4.78, 5) is 2.56. The molecule has 0 aromatic carbocycles. The van der Waals surface area contributed by atoms with Gasteiger partial charge in [-0.05, 0) is 61.5 Å². The normalized spacial score (nSPS) is 27.4. The second-order valence-electron chi connectivity index (χ2n) is 5.41. The van der Waals surface area contributed by atoms with E-state index in [9.17, 15) is 0 Å². The quantitative estimate of drug-likeness (QED) is 0.850. The minimum absolute atomic E-state index is 0.506. The first-order valence-corrected chi connectivity index (χ1v) is 7.05. The molecule has 1 unspecified atom stereocenters. The van der Waals surface area contributed by atoms with E-state index in [1.807, 2.05) is 0 Å². The van der Waals surface area contributed by atoms with Crippen molar-refractivity contribution in [2.24, 2.45) is 5.92 Å². The van der Waals surface area contributed by atoms with E-state index in [1.54, 1.807) is 0 Å². The number of likely N-dealkylation sites (tertiary alicyclic amines) is 1. The Morgan fingerprint density at radius 3 is 2.72 bits per heavy atom. The second-order valence-corrected chi connectivity index (χ2v) is 5.41. The highest BCUT2D eigenvalue weighted by molar-refractivity contribution is 4.85. The molecular formula is C12H21N6. The topological polar surface area (TPSA) is 71.8 Å². The highest BCUT2D eigenvalue weighted by atomic mass is 15.5. The fourth-order valence-electron chi connectivity index (χ4n) is 3.06. The zero-order valence-corrected chi connectivity index (χ0v) is 10.8. The molecule has 2 aliphatic rings. The molecule has 1 aromatic rings.